The van der Waals surface area contributed by atoms with Gasteiger partial charge in [0.15, 0.2) is 0 Å². The molecule has 29 heavy (non-hydrogen) atoms. The third-order valence-electron chi connectivity index (χ3n) is 5.65. The highest BCUT2D eigenvalue weighted by Gasteiger charge is 2.25. The van der Waals surface area contributed by atoms with Crippen LogP contribution in [0.3, 0.4) is 0 Å². The van der Waals surface area contributed by atoms with Crippen LogP contribution in [0.4, 0.5) is 0 Å². The lowest BCUT2D eigenvalue weighted by Crippen LogP contribution is -2.47. The molecule has 2 rings (SSSR count). The minimum absolute atomic E-state index is 0.0342. The van der Waals surface area contributed by atoms with Gasteiger partial charge in [0.25, 0.3) is 0 Å². The van der Waals surface area contributed by atoms with E-state index >= 15 is 0 Å². The molecule has 2 N–H and O–H groups in total. The van der Waals surface area contributed by atoms with E-state index in [4.69, 9.17) is 16.3 Å². The molecule has 1 heterocycles. The van der Waals surface area contributed by atoms with E-state index in [1.807, 2.05) is 20.0 Å². The molecular weight excluding hydrogens is 390 g/mol. The molecule has 166 valence electrons. The van der Waals surface area contributed by atoms with E-state index in [0.29, 0.717) is 12.8 Å². The van der Waals surface area contributed by atoms with Crippen molar-refractivity contribution in [3.8, 4) is 0 Å². The molecule has 0 radical (unpaired) electrons. The van der Waals surface area contributed by atoms with Crippen LogP contribution in [0.2, 0.25) is 0 Å². The van der Waals surface area contributed by atoms with Gasteiger partial charge in [0, 0.05) is 45.3 Å². The second-order valence-electron chi connectivity index (χ2n) is 8.26. The lowest BCUT2D eigenvalue weighted by Gasteiger charge is -2.35. The molecule has 4 atom stereocenters. The van der Waals surface area contributed by atoms with Crippen LogP contribution in [-0.4, -0.2) is 102 Å². The molecule has 0 aliphatic carbocycles. The van der Waals surface area contributed by atoms with Gasteiger partial charge in [0.1, 0.15) is 5.56 Å². The molecule has 1 aromatic rings. The van der Waals surface area contributed by atoms with Gasteiger partial charge in [0.2, 0.25) is 0 Å². The lowest BCUT2D eigenvalue weighted by molar-refractivity contribution is -0.00964. The van der Waals surface area contributed by atoms with E-state index in [1.165, 1.54) is 5.56 Å². The molecule has 0 spiro atoms. The van der Waals surface area contributed by atoms with Crippen molar-refractivity contribution in [2.45, 2.75) is 50.1 Å². The van der Waals surface area contributed by atoms with Gasteiger partial charge in [-0.2, -0.15) is 0 Å². The van der Waals surface area contributed by atoms with Crippen LogP contribution in [0.25, 0.3) is 0 Å². The number of ether oxygens (including phenoxy) is 1. The normalized spacial score (nSPS) is 28.7. The quantitative estimate of drug-likeness (QED) is 0.715. The van der Waals surface area contributed by atoms with Gasteiger partial charge in [-0.3, -0.25) is 9.80 Å². The second kappa shape index (κ2) is 12.8. The zero-order valence-electron chi connectivity index (χ0n) is 18.1. The van der Waals surface area contributed by atoms with Gasteiger partial charge in [-0.15, -0.1) is 0 Å². The molecule has 0 saturated carbocycles. The largest absolute Gasteiger partial charge is 0.394 e. The van der Waals surface area contributed by atoms with Gasteiger partial charge in [-0.05, 0) is 39.4 Å². The Kier molecular flexibility index (Phi) is 10.9. The maximum Gasteiger partial charge on any atom is 0.131 e. The summed E-state index contributed by atoms with van der Waals surface area (Å²) in [6.45, 7) is 7.11. The Hall–Kier alpha value is -0.730. The van der Waals surface area contributed by atoms with Gasteiger partial charge >= 0.3 is 0 Å². The monoisotopic (exact) mass is 427 g/mol. The van der Waals surface area contributed by atoms with E-state index in [0.717, 1.165) is 39.3 Å². The van der Waals surface area contributed by atoms with Crippen LogP contribution >= 0.6 is 11.6 Å². The molecule has 7 heteroatoms. The van der Waals surface area contributed by atoms with Crippen molar-refractivity contribution in [2.24, 2.45) is 0 Å². The minimum Gasteiger partial charge on any atom is -0.394 e. The summed E-state index contributed by atoms with van der Waals surface area (Å²) in [5.74, 6) is 0. The summed E-state index contributed by atoms with van der Waals surface area (Å²) in [5.41, 5.74) is 0.908. The molecule has 1 aliphatic rings. The first-order valence-electron chi connectivity index (χ1n) is 10.6. The summed E-state index contributed by atoms with van der Waals surface area (Å²) in [6.07, 6.45) is 0.554. The van der Waals surface area contributed by atoms with Gasteiger partial charge in [-0.25, -0.2) is 0 Å². The molecule has 1 unspecified atom stereocenters. The highest BCUT2D eigenvalue weighted by atomic mass is 35.5. The fraction of sp³-hybridized carbons (Fsp3) is 0.727. The number of nitrogens with zero attached hydrogens (tertiary/aromatic N) is 3. The third kappa shape index (κ3) is 8.89. The van der Waals surface area contributed by atoms with Crippen LogP contribution in [0.1, 0.15) is 25.3 Å². The second-order valence-corrected chi connectivity index (χ2v) is 8.74. The van der Waals surface area contributed by atoms with Crippen molar-refractivity contribution < 1.29 is 14.9 Å². The Morgan fingerprint density at radius 3 is 2.48 bits per heavy atom. The van der Waals surface area contributed by atoms with Crippen molar-refractivity contribution in [1.82, 2.24) is 14.7 Å². The van der Waals surface area contributed by atoms with E-state index in [2.05, 4.69) is 46.0 Å². The number of alkyl halides is 1. The van der Waals surface area contributed by atoms with E-state index < -0.39 is 11.7 Å². The van der Waals surface area contributed by atoms with E-state index in [1.54, 1.807) is 0 Å². The molecule has 0 bridgehead atoms. The number of hydrogen-bond acceptors (Lipinski definition) is 6. The maximum absolute atomic E-state index is 10.3. The average Bonchev–Trinajstić information content (AvgIpc) is 2.69. The summed E-state index contributed by atoms with van der Waals surface area (Å²) in [4.78, 5) is 6.88. The molecule has 1 saturated heterocycles. The summed E-state index contributed by atoms with van der Waals surface area (Å²) < 4.78 is 5.93. The Morgan fingerprint density at radius 2 is 1.79 bits per heavy atom. The Balaban J connectivity index is 2.10. The van der Waals surface area contributed by atoms with Gasteiger partial charge < -0.3 is 19.8 Å². The highest BCUT2D eigenvalue weighted by molar-refractivity contribution is 6.19. The Bertz CT molecular complexity index is 565. The first kappa shape index (κ1) is 24.5. The number of benzene rings is 1. The Morgan fingerprint density at radius 1 is 1.10 bits per heavy atom. The summed E-state index contributed by atoms with van der Waals surface area (Å²) in [6, 6.07) is 10.4. The lowest BCUT2D eigenvalue weighted by atomic mass is 10.0. The number of likely N-dealkylation sites (N-methyl/N-ethyl adjacent to an activating group) is 2. The first-order chi connectivity index (χ1) is 13.9. The number of aliphatic hydroxyl groups is 2. The SMILES string of the molecule is C[C@H]1CN(C)CCN(Cc2ccccc2)CCN(C)[C@@H]([C@H](O)CO)CCC(Cl)O1. The standard InChI is InChI=1S/C22H38ClN3O3/c1-18-15-24(2)11-13-26(16-19-7-5-4-6-8-19)14-12-25(3)20(21(28)17-27)9-10-22(23)29-18/h4-8,18,20-22,27-28H,9-17H2,1-3H3/t18-,20+,21+,22?/m0/s1. The zero-order chi connectivity index (χ0) is 21.2. The molecular formula is C22H38ClN3O3. The van der Waals surface area contributed by atoms with Crippen molar-refractivity contribution in [2.75, 3.05) is 53.4 Å². The number of aliphatic hydroxyl groups excluding tert-OH is 2. The van der Waals surface area contributed by atoms with Crippen LogP contribution in [0.15, 0.2) is 30.3 Å². The van der Waals surface area contributed by atoms with Crippen molar-refractivity contribution in [1.29, 1.82) is 0 Å². The van der Waals surface area contributed by atoms with E-state index in [-0.39, 0.29) is 18.8 Å². The van der Waals surface area contributed by atoms with Crippen molar-refractivity contribution >= 4 is 11.6 Å². The summed E-state index contributed by atoms with van der Waals surface area (Å²) in [5, 5.41) is 19.8. The minimum atomic E-state index is -0.789. The van der Waals surface area contributed by atoms with E-state index in [9.17, 15) is 10.2 Å². The highest BCUT2D eigenvalue weighted by Crippen LogP contribution is 2.18. The van der Waals surface area contributed by atoms with Crippen LogP contribution in [0.5, 0.6) is 0 Å². The predicted molar refractivity (Wildman–Crippen MR) is 118 cm³/mol. The number of halogens is 1. The van der Waals surface area contributed by atoms with Crippen LogP contribution in [0, 0.1) is 0 Å². The van der Waals surface area contributed by atoms with Crippen LogP contribution < -0.4 is 0 Å². The number of hydrogen-bond donors (Lipinski definition) is 2. The third-order valence-corrected chi connectivity index (χ3v) is 5.97. The molecule has 1 aliphatic heterocycles. The summed E-state index contributed by atoms with van der Waals surface area (Å²) >= 11 is 6.39. The van der Waals surface area contributed by atoms with Crippen molar-refractivity contribution in [3.63, 3.8) is 0 Å². The fourth-order valence-corrected chi connectivity index (χ4v) is 4.21. The Labute approximate surface area is 181 Å². The van der Waals surface area contributed by atoms with Crippen LogP contribution in [-0.2, 0) is 11.3 Å². The fourth-order valence-electron chi connectivity index (χ4n) is 3.91. The maximum atomic E-state index is 10.3. The van der Waals surface area contributed by atoms with Gasteiger partial charge in [0.05, 0.1) is 18.8 Å². The predicted octanol–water partition coefficient (Wildman–Crippen LogP) is 1.84. The first-order valence-corrected chi connectivity index (χ1v) is 11.1. The topological polar surface area (TPSA) is 59.4 Å². The molecule has 1 aromatic carbocycles. The summed E-state index contributed by atoms with van der Waals surface area (Å²) in [7, 11) is 4.13. The average molecular weight is 428 g/mol. The van der Waals surface area contributed by atoms with Gasteiger partial charge in [-0.1, -0.05) is 41.9 Å². The molecule has 0 aromatic heterocycles. The molecule has 6 nitrogen and oxygen atoms in total. The molecule has 0 amide bonds. The smallest absolute Gasteiger partial charge is 0.131 e. The molecule has 1 fully saturated rings. The zero-order valence-corrected chi connectivity index (χ0v) is 18.8. The van der Waals surface area contributed by atoms with Crippen molar-refractivity contribution in [3.05, 3.63) is 35.9 Å². The number of rotatable bonds is 4.